The van der Waals surface area contributed by atoms with Crippen molar-refractivity contribution in [2.45, 2.75) is 37.3 Å². The molecular formula is C15H19F2NO2S. The van der Waals surface area contributed by atoms with Crippen LogP contribution in [-0.2, 0) is 16.1 Å². The van der Waals surface area contributed by atoms with Crippen molar-refractivity contribution >= 4 is 17.7 Å². The van der Waals surface area contributed by atoms with Gasteiger partial charge in [0.1, 0.15) is 6.61 Å². The number of halogens is 2. The second kappa shape index (κ2) is 7.75. The van der Waals surface area contributed by atoms with Crippen LogP contribution in [-0.4, -0.2) is 42.2 Å². The zero-order valence-corrected chi connectivity index (χ0v) is 12.7. The van der Waals surface area contributed by atoms with E-state index in [9.17, 15) is 13.6 Å². The summed E-state index contributed by atoms with van der Waals surface area (Å²) in [5.41, 5.74) is 1.13. The molecule has 116 valence electrons. The van der Waals surface area contributed by atoms with Crippen LogP contribution in [0.15, 0.2) is 29.2 Å². The van der Waals surface area contributed by atoms with E-state index in [1.807, 2.05) is 30.0 Å². The lowest BCUT2D eigenvalue weighted by atomic mass is 10.2. The van der Waals surface area contributed by atoms with Crippen molar-refractivity contribution in [1.82, 2.24) is 4.90 Å². The van der Waals surface area contributed by atoms with Gasteiger partial charge in [-0.25, -0.2) is 8.78 Å². The van der Waals surface area contributed by atoms with Gasteiger partial charge in [-0.2, -0.15) is 0 Å². The topological polar surface area (TPSA) is 29.5 Å². The summed E-state index contributed by atoms with van der Waals surface area (Å²) in [5, 5.41) is 0. The fourth-order valence-corrected chi connectivity index (χ4v) is 3.32. The smallest absolute Gasteiger partial charge is 0.261 e. The summed E-state index contributed by atoms with van der Waals surface area (Å²) in [7, 11) is 0. The zero-order chi connectivity index (χ0) is 15.2. The third-order valence-corrected chi connectivity index (χ3v) is 4.71. The van der Waals surface area contributed by atoms with Gasteiger partial charge in [0.2, 0.25) is 5.91 Å². The third-order valence-electron chi connectivity index (χ3n) is 3.35. The van der Waals surface area contributed by atoms with E-state index in [1.54, 1.807) is 11.8 Å². The maximum atomic E-state index is 12.3. The van der Waals surface area contributed by atoms with E-state index in [0.717, 1.165) is 11.3 Å². The highest BCUT2D eigenvalue weighted by molar-refractivity contribution is 7.99. The Morgan fingerprint density at radius 3 is 3.00 bits per heavy atom. The molecule has 1 atom stereocenters. The third kappa shape index (κ3) is 4.68. The number of hydrogen-bond donors (Lipinski definition) is 0. The minimum absolute atomic E-state index is 0.0428. The van der Waals surface area contributed by atoms with Gasteiger partial charge in [-0.3, -0.25) is 4.79 Å². The quantitative estimate of drug-likeness (QED) is 0.782. The van der Waals surface area contributed by atoms with Gasteiger partial charge >= 0.3 is 0 Å². The number of ether oxygens (including phenoxy) is 1. The predicted molar refractivity (Wildman–Crippen MR) is 78.6 cm³/mol. The molecule has 2 rings (SSSR count). The second-order valence-electron chi connectivity index (χ2n) is 5.01. The molecule has 0 fully saturated rings. The van der Waals surface area contributed by atoms with Crippen molar-refractivity contribution in [3.8, 4) is 0 Å². The van der Waals surface area contributed by atoms with E-state index in [-0.39, 0.29) is 25.0 Å². The minimum Gasteiger partial charge on any atom is -0.375 e. The summed E-state index contributed by atoms with van der Waals surface area (Å²) < 4.78 is 28.7. The molecule has 0 bridgehead atoms. The highest BCUT2D eigenvalue weighted by Crippen LogP contribution is 2.30. The Bertz CT molecular complexity index is 484. The lowest BCUT2D eigenvalue weighted by Crippen LogP contribution is -2.39. The van der Waals surface area contributed by atoms with Gasteiger partial charge in [0.25, 0.3) is 6.43 Å². The number of carbonyl (C=O) groups excluding carboxylic acids is 1. The first kappa shape index (κ1) is 16.2. The highest BCUT2D eigenvalue weighted by Gasteiger charge is 2.24. The number of benzene rings is 1. The molecule has 1 heterocycles. The van der Waals surface area contributed by atoms with Crippen LogP contribution in [0, 0.1) is 0 Å². The molecule has 3 nitrogen and oxygen atoms in total. The van der Waals surface area contributed by atoms with Gasteiger partial charge in [-0.05, 0) is 18.6 Å². The summed E-state index contributed by atoms with van der Waals surface area (Å²) >= 11 is 1.75. The molecule has 1 aromatic carbocycles. The first-order chi connectivity index (χ1) is 10.1. The second-order valence-corrected chi connectivity index (χ2v) is 6.07. The van der Waals surface area contributed by atoms with E-state index in [2.05, 4.69) is 6.07 Å². The molecule has 0 radical (unpaired) electrons. The molecule has 0 aromatic heterocycles. The van der Waals surface area contributed by atoms with Gasteiger partial charge in [0.15, 0.2) is 0 Å². The summed E-state index contributed by atoms with van der Waals surface area (Å²) in [6.07, 6.45) is -2.34. The largest absolute Gasteiger partial charge is 0.375 e. The number of alkyl halides is 2. The van der Waals surface area contributed by atoms with Crippen LogP contribution in [0.3, 0.4) is 0 Å². The summed E-state index contributed by atoms with van der Waals surface area (Å²) in [5.74, 6) is 0.787. The number of carbonyl (C=O) groups is 1. The SMILES string of the molecule is C[C@@H]1CSc2ccccc2CN1C(=O)CCOCC(F)F. The minimum atomic E-state index is -2.49. The Labute approximate surface area is 127 Å². The van der Waals surface area contributed by atoms with Crippen LogP contribution < -0.4 is 0 Å². The van der Waals surface area contributed by atoms with Crippen molar-refractivity contribution in [3.05, 3.63) is 29.8 Å². The van der Waals surface area contributed by atoms with Crippen molar-refractivity contribution in [2.24, 2.45) is 0 Å². The molecule has 0 unspecified atom stereocenters. The van der Waals surface area contributed by atoms with Gasteiger partial charge < -0.3 is 9.64 Å². The fourth-order valence-electron chi connectivity index (χ4n) is 2.22. The Morgan fingerprint density at radius 1 is 1.48 bits per heavy atom. The van der Waals surface area contributed by atoms with Gasteiger partial charge in [-0.15, -0.1) is 11.8 Å². The molecule has 21 heavy (non-hydrogen) atoms. The van der Waals surface area contributed by atoms with Crippen LogP contribution in [0.2, 0.25) is 0 Å². The number of thioether (sulfide) groups is 1. The number of nitrogens with zero attached hydrogens (tertiary/aromatic N) is 1. The first-order valence-corrected chi connectivity index (χ1v) is 7.92. The molecular weight excluding hydrogens is 296 g/mol. The number of fused-ring (bicyclic) bond motifs is 1. The molecule has 0 spiro atoms. The molecule has 1 aliphatic heterocycles. The van der Waals surface area contributed by atoms with Crippen LogP contribution >= 0.6 is 11.8 Å². The van der Waals surface area contributed by atoms with E-state index >= 15 is 0 Å². The molecule has 0 saturated heterocycles. The molecule has 0 saturated carbocycles. The lowest BCUT2D eigenvalue weighted by molar-refractivity contribution is -0.135. The number of rotatable bonds is 5. The molecule has 1 aromatic rings. The monoisotopic (exact) mass is 315 g/mol. The van der Waals surface area contributed by atoms with Crippen LogP contribution in [0.5, 0.6) is 0 Å². The summed E-state index contributed by atoms with van der Waals surface area (Å²) in [6, 6.07) is 8.15. The predicted octanol–water partition coefficient (Wildman–Crippen LogP) is 3.18. The van der Waals surface area contributed by atoms with E-state index in [4.69, 9.17) is 4.74 Å². The van der Waals surface area contributed by atoms with Crippen molar-refractivity contribution in [1.29, 1.82) is 0 Å². The van der Waals surface area contributed by atoms with Crippen LogP contribution in [0.4, 0.5) is 8.78 Å². The molecule has 6 heteroatoms. The average molecular weight is 315 g/mol. The molecule has 0 aliphatic carbocycles. The molecule has 0 N–H and O–H groups in total. The summed E-state index contributed by atoms with van der Waals surface area (Å²) in [4.78, 5) is 15.3. The van der Waals surface area contributed by atoms with Gasteiger partial charge in [0.05, 0.1) is 13.0 Å². The lowest BCUT2D eigenvalue weighted by Gasteiger charge is -2.27. The van der Waals surface area contributed by atoms with Crippen molar-refractivity contribution < 1.29 is 18.3 Å². The van der Waals surface area contributed by atoms with E-state index in [0.29, 0.717) is 6.54 Å². The van der Waals surface area contributed by atoms with Crippen LogP contribution in [0.25, 0.3) is 0 Å². The zero-order valence-electron chi connectivity index (χ0n) is 11.9. The summed E-state index contributed by atoms with van der Waals surface area (Å²) in [6.45, 7) is 2.01. The number of amides is 1. The first-order valence-electron chi connectivity index (χ1n) is 6.94. The van der Waals surface area contributed by atoms with Gasteiger partial charge in [0, 0.05) is 23.2 Å². The Hall–Kier alpha value is -1.14. The van der Waals surface area contributed by atoms with Crippen molar-refractivity contribution in [3.63, 3.8) is 0 Å². The highest BCUT2D eigenvalue weighted by atomic mass is 32.2. The fraction of sp³-hybridized carbons (Fsp3) is 0.533. The van der Waals surface area contributed by atoms with E-state index in [1.165, 1.54) is 4.90 Å². The van der Waals surface area contributed by atoms with Crippen LogP contribution in [0.1, 0.15) is 18.9 Å². The van der Waals surface area contributed by atoms with Crippen molar-refractivity contribution in [2.75, 3.05) is 19.0 Å². The average Bonchev–Trinajstić information content (AvgIpc) is 2.63. The maximum Gasteiger partial charge on any atom is 0.261 e. The Kier molecular flexibility index (Phi) is 5.99. The Morgan fingerprint density at radius 2 is 2.24 bits per heavy atom. The van der Waals surface area contributed by atoms with Gasteiger partial charge in [-0.1, -0.05) is 18.2 Å². The van der Waals surface area contributed by atoms with E-state index < -0.39 is 13.0 Å². The Balaban J connectivity index is 1.93. The normalized spacial score (nSPS) is 18.5. The molecule has 1 amide bonds. The molecule has 1 aliphatic rings. The maximum absolute atomic E-state index is 12.3. The standard InChI is InChI=1S/C15H19F2NO2S/c1-11-10-21-13-5-3-2-4-12(13)8-18(11)15(19)6-7-20-9-14(16)17/h2-5,11,14H,6-10H2,1H3/t11-/m1/s1. The number of hydrogen-bond acceptors (Lipinski definition) is 3.